The standard InChI is InChI=1S/C14H14N4O5S/c1-17-8-15-13(18(22)23)14(17)24-10-5-3-2-4-9(10)16-11(19)6-7-12(20)21/h2-5,8H,6-7H2,1H3,(H,16,19)(H,20,21). The monoisotopic (exact) mass is 350 g/mol. The molecule has 2 rings (SSSR count). The van der Waals surface area contributed by atoms with Crippen LogP contribution in [0.15, 0.2) is 40.5 Å². The normalized spacial score (nSPS) is 10.4. The summed E-state index contributed by atoms with van der Waals surface area (Å²) in [5.41, 5.74) is 0.452. The quantitative estimate of drug-likeness (QED) is 0.579. The van der Waals surface area contributed by atoms with Crippen molar-refractivity contribution in [1.82, 2.24) is 9.55 Å². The Morgan fingerprint density at radius 1 is 1.38 bits per heavy atom. The SMILES string of the molecule is Cn1cnc([N+](=O)[O-])c1Sc1ccccc1NC(=O)CCC(=O)O. The van der Waals surface area contributed by atoms with E-state index in [1.54, 1.807) is 31.3 Å². The number of carboxylic acids is 1. The van der Waals surface area contributed by atoms with Crippen LogP contribution in [0.3, 0.4) is 0 Å². The van der Waals surface area contributed by atoms with E-state index in [-0.39, 0.29) is 18.7 Å². The molecule has 1 aromatic carbocycles. The van der Waals surface area contributed by atoms with Crippen LogP contribution < -0.4 is 5.32 Å². The summed E-state index contributed by atoms with van der Waals surface area (Å²) in [7, 11) is 1.64. The van der Waals surface area contributed by atoms with Crippen molar-refractivity contribution in [3.63, 3.8) is 0 Å². The molecule has 0 saturated heterocycles. The molecule has 0 aliphatic heterocycles. The zero-order valence-electron chi connectivity index (χ0n) is 12.6. The fourth-order valence-corrected chi connectivity index (χ4v) is 2.84. The summed E-state index contributed by atoms with van der Waals surface area (Å²) in [6, 6.07) is 6.78. The van der Waals surface area contributed by atoms with Crippen molar-refractivity contribution >= 4 is 35.1 Å². The van der Waals surface area contributed by atoms with Gasteiger partial charge in [-0.2, -0.15) is 0 Å². The number of carboxylic acid groups (broad SMARTS) is 1. The number of nitrogens with one attached hydrogen (secondary N) is 1. The van der Waals surface area contributed by atoms with Crippen molar-refractivity contribution in [1.29, 1.82) is 0 Å². The molecule has 0 fully saturated rings. The molecule has 2 N–H and O–H groups in total. The van der Waals surface area contributed by atoms with Crippen molar-refractivity contribution in [3.05, 3.63) is 40.7 Å². The first-order chi connectivity index (χ1) is 11.4. The van der Waals surface area contributed by atoms with E-state index in [0.29, 0.717) is 15.6 Å². The van der Waals surface area contributed by atoms with E-state index in [4.69, 9.17) is 5.11 Å². The predicted molar refractivity (Wildman–Crippen MR) is 85.9 cm³/mol. The number of carbonyl (C=O) groups is 2. The summed E-state index contributed by atoms with van der Waals surface area (Å²) < 4.78 is 1.52. The molecule has 126 valence electrons. The Morgan fingerprint density at radius 3 is 2.75 bits per heavy atom. The van der Waals surface area contributed by atoms with Gasteiger partial charge in [0.15, 0.2) is 5.03 Å². The first kappa shape index (κ1) is 17.5. The lowest BCUT2D eigenvalue weighted by molar-refractivity contribution is -0.392. The minimum Gasteiger partial charge on any atom is -0.481 e. The van der Waals surface area contributed by atoms with Gasteiger partial charge in [-0.15, -0.1) is 0 Å². The van der Waals surface area contributed by atoms with Gasteiger partial charge in [-0.05, 0) is 22.0 Å². The van der Waals surface area contributed by atoms with Crippen LogP contribution in [0.4, 0.5) is 11.5 Å². The first-order valence-electron chi connectivity index (χ1n) is 6.82. The van der Waals surface area contributed by atoms with Crippen molar-refractivity contribution in [2.24, 2.45) is 7.05 Å². The van der Waals surface area contributed by atoms with Gasteiger partial charge in [0.05, 0.1) is 12.1 Å². The molecule has 2 aromatic rings. The van der Waals surface area contributed by atoms with Gasteiger partial charge in [-0.1, -0.05) is 23.9 Å². The van der Waals surface area contributed by atoms with Crippen LogP contribution in [0.5, 0.6) is 0 Å². The Hall–Kier alpha value is -2.88. The Bertz CT molecular complexity index is 789. The van der Waals surface area contributed by atoms with Crippen LogP contribution >= 0.6 is 11.8 Å². The summed E-state index contributed by atoms with van der Waals surface area (Å²) in [5.74, 6) is -1.77. The number of benzene rings is 1. The predicted octanol–water partition coefficient (Wildman–Crippen LogP) is 2.28. The Labute approximate surface area is 140 Å². The number of hydrogen-bond acceptors (Lipinski definition) is 6. The number of nitrogens with zero attached hydrogens (tertiary/aromatic N) is 3. The summed E-state index contributed by atoms with van der Waals surface area (Å²) >= 11 is 1.10. The van der Waals surface area contributed by atoms with E-state index >= 15 is 0 Å². The molecule has 24 heavy (non-hydrogen) atoms. The van der Waals surface area contributed by atoms with Crippen molar-refractivity contribution < 1.29 is 19.6 Å². The van der Waals surface area contributed by atoms with E-state index in [9.17, 15) is 19.7 Å². The molecule has 0 saturated carbocycles. The molecule has 1 amide bonds. The number of amides is 1. The zero-order valence-corrected chi connectivity index (χ0v) is 13.4. The summed E-state index contributed by atoms with van der Waals surface area (Å²) in [4.78, 5) is 37.1. The second kappa shape index (κ2) is 7.59. The van der Waals surface area contributed by atoms with E-state index in [1.807, 2.05) is 0 Å². The highest BCUT2D eigenvalue weighted by molar-refractivity contribution is 7.99. The molecule has 0 unspecified atom stereocenters. The Kier molecular flexibility index (Phi) is 5.53. The average molecular weight is 350 g/mol. The third kappa shape index (κ3) is 4.32. The van der Waals surface area contributed by atoms with Gasteiger partial charge in [0, 0.05) is 18.4 Å². The number of carbonyl (C=O) groups excluding carboxylic acids is 1. The summed E-state index contributed by atoms with van der Waals surface area (Å²) in [6.07, 6.45) is 0.920. The van der Waals surface area contributed by atoms with Gasteiger partial charge in [-0.3, -0.25) is 9.59 Å². The molecular weight excluding hydrogens is 336 g/mol. The molecule has 0 bridgehead atoms. The van der Waals surface area contributed by atoms with E-state index in [2.05, 4.69) is 10.3 Å². The second-order valence-corrected chi connectivity index (χ2v) is 5.81. The number of aromatic nitrogens is 2. The number of imidazole rings is 1. The molecule has 0 spiro atoms. The number of hydrogen-bond donors (Lipinski definition) is 2. The minimum atomic E-state index is -1.06. The fourth-order valence-electron chi connectivity index (χ4n) is 1.85. The average Bonchev–Trinajstić information content (AvgIpc) is 2.88. The number of aliphatic carboxylic acids is 1. The number of anilines is 1. The highest BCUT2D eigenvalue weighted by Crippen LogP contribution is 2.37. The highest BCUT2D eigenvalue weighted by atomic mass is 32.2. The maximum Gasteiger partial charge on any atom is 0.396 e. The number of para-hydroxylation sites is 1. The summed E-state index contributed by atoms with van der Waals surface area (Å²) in [6.45, 7) is 0. The molecule has 1 aromatic heterocycles. The summed E-state index contributed by atoms with van der Waals surface area (Å²) in [5, 5.41) is 22.6. The van der Waals surface area contributed by atoms with Crippen LogP contribution in [-0.4, -0.2) is 31.5 Å². The lowest BCUT2D eigenvalue weighted by Gasteiger charge is -2.10. The molecule has 9 nitrogen and oxygen atoms in total. The molecule has 10 heteroatoms. The Morgan fingerprint density at radius 2 is 2.08 bits per heavy atom. The third-order valence-corrected chi connectivity index (χ3v) is 4.21. The van der Waals surface area contributed by atoms with Gasteiger partial charge in [0.2, 0.25) is 12.2 Å². The zero-order chi connectivity index (χ0) is 17.7. The van der Waals surface area contributed by atoms with Gasteiger partial charge < -0.3 is 25.1 Å². The van der Waals surface area contributed by atoms with Crippen LogP contribution in [0.1, 0.15) is 12.8 Å². The Balaban J connectivity index is 2.21. The minimum absolute atomic E-state index is 0.153. The van der Waals surface area contributed by atoms with Crippen LogP contribution in [0.25, 0.3) is 0 Å². The van der Waals surface area contributed by atoms with Crippen LogP contribution in [0, 0.1) is 10.1 Å². The van der Waals surface area contributed by atoms with Gasteiger partial charge >= 0.3 is 11.8 Å². The van der Waals surface area contributed by atoms with E-state index in [1.165, 1.54) is 10.9 Å². The molecular formula is C14H14N4O5S. The van der Waals surface area contributed by atoms with Crippen LogP contribution in [0.2, 0.25) is 0 Å². The third-order valence-electron chi connectivity index (χ3n) is 2.97. The second-order valence-electron chi connectivity index (χ2n) is 4.78. The smallest absolute Gasteiger partial charge is 0.396 e. The van der Waals surface area contributed by atoms with Gasteiger partial charge in [-0.25, -0.2) is 0 Å². The van der Waals surface area contributed by atoms with Crippen LogP contribution in [-0.2, 0) is 16.6 Å². The number of rotatable bonds is 7. The molecule has 1 heterocycles. The lowest BCUT2D eigenvalue weighted by atomic mass is 10.2. The molecule has 0 atom stereocenters. The molecule has 0 radical (unpaired) electrons. The van der Waals surface area contributed by atoms with Crippen molar-refractivity contribution in [3.8, 4) is 0 Å². The lowest BCUT2D eigenvalue weighted by Crippen LogP contribution is -2.13. The number of nitro groups is 1. The largest absolute Gasteiger partial charge is 0.481 e. The van der Waals surface area contributed by atoms with Gasteiger partial charge in [0.25, 0.3) is 0 Å². The maximum absolute atomic E-state index is 11.8. The molecule has 0 aliphatic rings. The van der Waals surface area contributed by atoms with E-state index in [0.717, 1.165) is 11.8 Å². The fraction of sp³-hybridized carbons (Fsp3) is 0.214. The van der Waals surface area contributed by atoms with E-state index < -0.39 is 16.8 Å². The maximum atomic E-state index is 11.8. The first-order valence-corrected chi connectivity index (χ1v) is 7.64. The van der Waals surface area contributed by atoms with Crippen molar-refractivity contribution in [2.75, 3.05) is 5.32 Å². The number of aryl methyl sites for hydroxylation is 1. The van der Waals surface area contributed by atoms with Gasteiger partial charge in [0.1, 0.15) is 0 Å². The molecule has 0 aliphatic carbocycles. The topological polar surface area (TPSA) is 127 Å². The van der Waals surface area contributed by atoms with Crippen molar-refractivity contribution in [2.45, 2.75) is 22.8 Å². The highest BCUT2D eigenvalue weighted by Gasteiger charge is 2.22.